The Bertz CT molecular complexity index is 570. The predicted molar refractivity (Wildman–Crippen MR) is 69.7 cm³/mol. The van der Waals surface area contributed by atoms with Crippen LogP contribution in [0.5, 0.6) is 11.5 Å². The number of phenols is 1. The molecule has 0 unspecified atom stereocenters. The Balaban J connectivity index is 2.41. The van der Waals surface area contributed by atoms with Crippen molar-refractivity contribution < 1.29 is 14.2 Å². The van der Waals surface area contributed by atoms with Crippen LogP contribution in [0.15, 0.2) is 36.4 Å². The number of aromatic hydroxyl groups is 1. The Morgan fingerprint density at radius 2 is 2.00 bits per heavy atom. The maximum atomic E-state index is 13.3. The summed E-state index contributed by atoms with van der Waals surface area (Å²) in [7, 11) is 0. The van der Waals surface area contributed by atoms with Gasteiger partial charge < -0.3 is 9.84 Å². The molecule has 0 radical (unpaired) electrons. The van der Waals surface area contributed by atoms with Gasteiger partial charge in [-0.25, -0.2) is 4.39 Å². The fraction of sp³-hybridized carbons (Fsp3) is 0.143. The minimum absolute atomic E-state index is 0.374. The third-order valence-corrected chi connectivity index (χ3v) is 2.82. The van der Waals surface area contributed by atoms with Crippen LogP contribution in [0.4, 0.5) is 4.39 Å². The van der Waals surface area contributed by atoms with E-state index in [-0.39, 0.29) is 5.75 Å². The van der Waals surface area contributed by atoms with Crippen molar-refractivity contribution in [1.82, 2.24) is 0 Å². The molecule has 0 fully saturated rings. The third-order valence-electron chi connectivity index (χ3n) is 2.51. The molecule has 94 valence electrons. The fourth-order valence-corrected chi connectivity index (χ4v) is 1.94. The van der Waals surface area contributed by atoms with Crippen molar-refractivity contribution in [3.8, 4) is 22.6 Å². The van der Waals surface area contributed by atoms with E-state index >= 15 is 0 Å². The quantitative estimate of drug-likeness (QED) is 0.900. The molecule has 1 N–H and O–H groups in total. The highest BCUT2D eigenvalue weighted by Gasteiger charge is 2.08. The summed E-state index contributed by atoms with van der Waals surface area (Å²) in [5, 5.41) is 9.62. The van der Waals surface area contributed by atoms with E-state index in [1.54, 1.807) is 24.3 Å². The number of hydrogen-bond acceptors (Lipinski definition) is 2. The second-order valence-electron chi connectivity index (χ2n) is 3.74. The van der Waals surface area contributed by atoms with Gasteiger partial charge in [0, 0.05) is 5.56 Å². The number of hydrogen-bond donors (Lipinski definition) is 1. The molecule has 0 heterocycles. The molecule has 18 heavy (non-hydrogen) atoms. The van der Waals surface area contributed by atoms with Crippen LogP contribution < -0.4 is 4.74 Å². The minimum Gasteiger partial charge on any atom is -0.505 e. The minimum atomic E-state index is -0.669. The van der Waals surface area contributed by atoms with E-state index in [9.17, 15) is 4.39 Å². The lowest BCUT2D eigenvalue weighted by Gasteiger charge is -2.08. The summed E-state index contributed by atoms with van der Waals surface area (Å²) < 4.78 is 18.6. The van der Waals surface area contributed by atoms with Gasteiger partial charge in [-0.05, 0) is 42.8 Å². The Hall–Kier alpha value is -1.74. The van der Waals surface area contributed by atoms with Crippen molar-refractivity contribution in [2.75, 3.05) is 6.61 Å². The molecule has 0 amide bonds. The van der Waals surface area contributed by atoms with Gasteiger partial charge >= 0.3 is 0 Å². The van der Waals surface area contributed by atoms with Crippen LogP contribution in [-0.4, -0.2) is 11.7 Å². The van der Waals surface area contributed by atoms with Crippen molar-refractivity contribution in [2.45, 2.75) is 6.92 Å². The maximum absolute atomic E-state index is 13.3. The highest BCUT2D eigenvalue weighted by atomic mass is 35.5. The molecule has 0 aromatic heterocycles. The monoisotopic (exact) mass is 266 g/mol. The van der Waals surface area contributed by atoms with E-state index in [1.807, 2.05) is 6.92 Å². The molecular formula is C14H12ClFO2. The van der Waals surface area contributed by atoms with Crippen LogP contribution in [0.2, 0.25) is 5.02 Å². The SMILES string of the molecule is CCOc1ccc(-c2ccc(O)c(F)c2)c(Cl)c1. The molecule has 0 saturated carbocycles. The predicted octanol–water partition coefficient (Wildman–Crippen LogP) is 4.25. The lowest BCUT2D eigenvalue weighted by molar-refractivity contribution is 0.340. The topological polar surface area (TPSA) is 29.5 Å². The molecule has 2 nitrogen and oxygen atoms in total. The number of ether oxygens (including phenoxy) is 1. The van der Waals surface area contributed by atoms with Gasteiger partial charge in [0.1, 0.15) is 5.75 Å². The van der Waals surface area contributed by atoms with Crippen molar-refractivity contribution in [1.29, 1.82) is 0 Å². The number of phenolic OH excluding ortho intramolecular Hbond substituents is 1. The summed E-state index contributed by atoms with van der Waals surface area (Å²) in [6.45, 7) is 2.45. The molecule has 0 aliphatic heterocycles. The van der Waals surface area contributed by atoms with Gasteiger partial charge in [-0.1, -0.05) is 17.7 Å². The average molecular weight is 267 g/mol. The highest BCUT2D eigenvalue weighted by Crippen LogP contribution is 2.32. The summed E-state index contributed by atoms with van der Waals surface area (Å²) in [5.74, 6) is -0.372. The summed E-state index contributed by atoms with van der Waals surface area (Å²) >= 11 is 6.13. The molecule has 4 heteroatoms. The van der Waals surface area contributed by atoms with E-state index in [0.29, 0.717) is 28.5 Å². The van der Waals surface area contributed by atoms with Gasteiger partial charge in [-0.2, -0.15) is 0 Å². The second-order valence-corrected chi connectivity index (χ2v) is 4.15. The van der Waals surface area contributed by atoms with Crippen molar-refractivity contribution in [3.05, 3.63) is 47.2 Å². The molecule has 0 aliphatic rings. The molecule has 0 spiro atoms. The van der Waals surface area contributed by atoms with Crippen LogP contribution in [0.3, 0.4) is 0 Å². The largest absolute Gasteiger partial charge is 0.505 e. The molecule has 0 aliphatic carbocycles. The van der Waals surface area contributed by atoms with Gasteiger partial charge in [0.15, 0.2) is 11.6 Å². The molecule has 0 atom stereocenters. The van der Waals surface area contributed by atoms with E-state index in [2.05, 4.69) is 0 Å². The Labute approximate surface area is 110 Å². The zero-order valence-electron chi connectivity index (χ0n) is 9.78. The lowest BCUT2D eigenvalue weighted by Crippen LogP contribution is -1.91. The normalized spacial score (nSPS) is 10.4. The van der Waals surface area contributed by atoms with Crippen molar-refractivity contribution in [3.63, 3.8) is 0 Å². The lowest BCUT2D eigenvalue weighted by atomic mass is 10.1. The molecule has 2 aromatic rings. The van der Waals surface area contributed by atoms with Crippen LogP contribution in [0, 0.1) is 5.82 Å². The van der Waals surface area contributed by atoms with Crippen LogP contribution >= 0.6 is 11.6 Å². The number of halogens is 2. The van der Waals surface area contributed by atoms with Crippen LogP contribution in [0.1, 0.15) is 6.92 Å². The first-order chi connectivity index (χ1) is 8.61. The van der Waals surface area contributed by atoms with E-state index in [0.717, 1.165) is 0 Å². The fourth-order valence-electron chi connectivity index (χ4n) is 1.66. The number of rotatable bonds is 3. The molecule has 2 aromatic carbocycles. The van der Waals surface area contributed by atoms with Gasteiger partial charge in [0.05, 0.1) is 11.6 Å². The first kappa shape index (κ1) is 12.7. The first-order valence-electron chi connectivity index (χ1n) is 5.53. The summed E-state index contributed by atoms with van der Waals surface area (Å²) in [5.41, 5.74) is 1.30. The molecular weight excluding hydrogens is 255 g/mol. The average Bonchev–Trinajstić information content (AvgIpc) is 2.34. The van der Waals surface area contributed by atoms with E-state index in [1.165, 1.54) is 12.1 Å². The smallest absolute Gasteiger partial charge is 0.165 e. The standard InChI is InChI=1S/C14H12ClFO2/c1-2-18-10-4-5-11(12(15)8-10)9-3-6-14(17)13(16)7-9/h3-8,17H,2H2,1H3. The van der Waals surface area contributed by atoms with Gasteiger partial charge in [0.2, 0.25) is 0 Å². The van der Waals surface area contributed by atoms with Gasteiger partial charge in [-0.3, -0.25) is 0 Å². The Morgan fingerprint density at radius 1 is 1.22 bits per heavy atom. The number of benzene rings is 2. The molecule has 0 bridgehead atoms. The molecule has 0 saturated heterocycles. The van der Waals surface area contributed by atoms with E-state index in [4.69, 9.17) is 21.4 Å². The van der Waals surface area contributed by atoms with Crippen LogP contribution in [0.25, 0.3) is 11.1 Å². The van der Waals surface area contributed by atoms with Crippen molar-refractivity contribution >= 4 is 11.6 Å². The zero-order chi connectivity index (χ0) is 13.1. The first-order valence-corrected chi connectivity index (χ1v) is 5.91. The Kier molecular flexibility index (Phi) is 3.72. The van der Waals surface area contributed by atoms with Gasteiger partial charge in [0.25, 0.3) is 0 Å². The van der Waals surface area contributed by atoms with E-state index < -0.39 is 5.82 Å². The second kappa shape index (κ2) is 5.27. The summed E-state index contributed by atoms with van der Waals surface area (Å²) in [4.78, 5) is 0. The summed E-state index contributed by atoms with van der Waals surface area (Å²) in [6, 6.07) is 9.38. The molecule has 2 rings (SSSR count). The third kappa shape index (κ3) is 2.57. The zero-order valence-corrected chi connectivity index (χ0v) is 10.5. The van der Waals surface area contributed by atoms with Crippen molar-refractivity contribution in [2.24, 2.45) is 0 Å². The summed E-state index contributed by atoms with van der Waals surface area (Å²) in [6.07, 6.45) is 0. The van der Waals surface area contributed by atoms with Crippen LogP contribution in [-0.2, 0) is 0 Å². The Morgan fingerprint density at radius 3 is 2.61 bits per heavy atom. The maximum Gasteiger partial charge on any atom is 0.165 e. The highest BCUT2D eigenvalue weighted by molar-refractivity contribution is 6.33. The van der Waals surface area contributed by atoms with Gasteiger partial charge in [-0.15, -0.1) is 0 Å².